The summed E-state index contributed by atoms with van der Waals surface area (Å²) in [6.07, 6.45) is -0.353. The van der Waals surface area contributed by atoms with E-state index in [0.717, 1.165) is 0 Å². The van der Waals surface area contributed by atoms with Gasteiger partial charge < -0.3 is 0 Å². The molecule has 68 valence electrons. The van der Waals surface area contributed by atoms with Crippen LogP contribution in [-0.2, 0) is 13.6 Å². The summed E-state index contributed by atoms with van der Waals surface area (Å²) in [5, 5.41) is 0. The van der Waals surface area contributed by atoms with E-state index in [0.29, 0.717) is 0 Å². The maximum Gasteiger partial charge on any atom is 0.403 e. The molecular weight excluding hydrogens is 165 g/mol. The molecule has 4 nitrogen and oxygen atoms in total. The molecule has 0 aliphatic carbocycles. The molecule has 0 aromatic carbocycles. The molecule has 0 aromatic rings. The van der Waals surface area contributed by atoms with Gasteiger partial charge in [-0.1, -0.05) is 0 Å². The lowest BCUT2D eigenvalue weighted by molar-refractivity contribution is 0.143. The van der Waals surface area contributed by atoms with Crippen molar-refractivity contribution in [2.24, 2.45) is 5.50 Å². The second-order valence-corrected chi connectivity index (χ2v) is 4.35. The quantitative estimate of drug-likeness (QED) is 0.673. The summed E-state index contributed by atoms with van der Waals surface area (Å²) < 4.78 is 20.9. The number of nitrogens with two attached hydrogens (primary N) is 1. The molecule has 0 saturated heterocycles. The average molecular weight is 181 g/mol. The van der Waals surface area contributed by atoms with Crippen molar-refractivity contribution in [3.05, 3.63) is 0 Å². The van der Waals surface area contributed by atoms with Crippen LogP contribution in [0.15, 0.2) is 0 Å². The van der Waals surface area contributed by atoms with Crippen LogP contribution in [0.5, 0.6) is 0 Å². The summed E-state index contributed by atoms with van der Waals surface area (Å²) in [6.45, 7) is 7.01. The minimum Gasteiger partial charge on any atom is -0.294 e. The predicted molar refractivity (Wildman–Crippen MR) is 44.2 cm³/mol. The van der Waals surface area contributed by atoms with Crippen LogP contribution in [0.3, 0.4) is 0 Å². The first-order chi connectivity index (χ1) is 4.83. The van der Waals surface area contributed by atoms with Crippen molar-refractivity contribution in [3.63, 3.8) is 0 Å². The van der Waals surface area contributed by atoms with Gasteiger partial charge in [-0.05, 0) is 27.7 Å². The molecule has 0 radical (unpaired) electrons. The van der Waals surface area contributed by atoms with Gasteiger partial charge in [0.2, 0.25) is 0 Å². The molecule has 5 heteroatoms. The Balaban J connectivity index is 3.91. The van der Waals surface area contributed by atoms with Crippen LogP contribution in [0.2, 0.25) is 0 Å². The zero-order valence-corrected chi connectivity index (χ0v) is 8.30. The number of rotatable bonds is 4. The molecule has 0 saturated carbocycles. The summed E-state index contributed by atoms with van der Waals surface area (Å²) >= 11 is 0. The Hall–Kier alpha value is 0.110. The van der Waals surface area contributed by atoms with Gasteiger partial charge in [0, 0.05) is 0 Å². The molecule has 0 unspecified atom stereocenters. The van der Waals surface area contributed by atoms with E-state index < -0.39 is 7.75 Å². The highest BCUT2D eigenvalue weighted by atomic mass is 31.2. The van der Waals surface area contributed by atoms with Crippen molar-refractivity contribution >= 4 is 7.75 Å². The smallest absolute Gasteiger partial charge is 0.294 e. The highest BCUT2D eigenvalue weighted by Crippen LogP contribution is 2.41. The molecule has 0 rings (SSSR count). The second kappa shape index (κ2) is 4.21. The van der Waals surface area contributed by atoms with E-state index in [-0.39, 0.29) is 12.2 Å². The maximum atomic E-state index is 11.2. The largest absolute Gasteiger partial charge is 0.403 e. The Morgan fingerprint density at radius 1 is 1.09 bits per heavy atom. The first-order valence-corrected chi connectivity index (χ1v) is 5.20. The zero-order chi connectivity index (χ0) is 9.07. The molecule has 0 aliphatic heterocycles. The Labute approximate surface area is 67.7 Å². The fourth-order valence-electron chi connectivity index (χ4n) is 0.613. The summed E-state index contributed by atoms with van der Waals surface area (Å²) in [7, 11) is -3.30. The highest BCUT2D eigenvalue weighted by Gasteiger charge is 2.21. The number of hydrogen-bond donors (Lipinski definition) is 1. The Morgan fingerprint density at radius 2 is 1.36 bits per heavy atom. The van der Waals surface area contributed by atoms with E-state index in [9.17, 15) is 4.57 Å². The van der Waals surface area contributed by atoms with E-state index in [1.165, 1.54) is 0 Å². The van der Waals surface area contributed by atoms with Gasteiger partial charge >= 0.3 is 7.75 Å². The molecule has 0 bridgehead atoms. The van der Waals surface area contributed by atoms with Crippen molar-refractivity contribution in [2.75, 3.05) is 0 Å². The third-order valence-electron chi connectivity index (χ3n) is 0.715. The second-order valence-electron chi connectivity index (χ2n) is 2.85. The van der Waals surface area contributed by atoms with Crippen LogP contribution in [0.1, 0.15) is 27.7 Å². The monoisotopic (exact) mass is 181 g/mol. The molecule has 0 amide bonds. The lowest BCUT2D eigenvalue weighted by Gasteiger charge is -2.17. The molecule has 0 aliphatic rings. The summed E-state index contributed by atoms with van der Waals surface area (Å²) in [5.74, 6) is 0. The fraction of sp³-hybridized carbons (Fsp3) is 1.00. The number of hydrogen-bond acceptors (Lipinski definition) is 3. The van der Waals surface area contributed by atoms with Crippen LogP contribution in [0, 0.1) is 0 Å². The Morgan fingerprint density at radius 3 is 1.55 bits per heavy atom. The van der Waals surface area contributed by atoms with E-state index in [4.69, 9.17) is 14.6 Å². The predicted octanol–water partition coefficient (Wildman–Crippen LogP) is 1.90. The first-order valence-electron chi connectivity index (χ1n) is 3.59. The Kier molecular flexibility index (Phi) is 4.26. The summed E-state index contributed by atoms with van der Waals surface area (Å²) in [6, 6.07) is 0. The molecule has 0 fully saturated rings. The third-order valence-corrected chi connectivity index (χ3v) is 2.15. The van der Waals surface area contributed by atoms with Crippen molar-refractivity contribution < 1.29 is 13.6 Å². The molecule has 2 N–H and O–H groups in total. The standard InChI is InChI=1S/C6H16NO3P/c1-5(2)9-11(7,8)10-6(3)4/h5-6H,1-4H3,(H2,7,8). The molecule has 0 atom stereocenters. The topological polar surface area (TPSA) is 61.5 Å². The molecule has 11 heavy (non-hydrogen) atoms. The SMILES string of the molecule is CC(C)OP(N)(=O)OC(C)C. The lowest BCUT2D eigenvalue weighted by atomic mass is 10.5. The average Bonchev–Trinajstić information content (AvgIpc) is 1.53. The normalized spacial score (nSPS) is 13.0. The first kappa shape index (κ1) is 11.1. The summed E-state index contributed by atoms with van der Waals surface area (Å²) in [5.41, 5.74) is 5.23. The van der Waals surface area contributed by atoms with Crippen molar-refractivity contribution in [3.8, 4) is 0 Å². The van der Waals surface area contributed by atoms with Crippen LogP contribution >= 0.6 is 7.75 Å². The van der Waals surface area contributed by atoms with Crippen LogP contribution in [0.4, 0.5) is 0 Å². The van der Waals surface area contributed by atoms with Crippen LogP contribution < -0.4 is 5.50 Å². The van der Waals surface area contributed by atoms with Gasteiger partial charge in [-0.3, -0.25) is 9.05 Å². The minimum atomic E-state index is -3.30. The van der Waals surface area contributed by atoms with E-state index in [1.807, 2.05) is 0 Å². The third kappa shape index (κ3) is 6.51. The molecule has 0 heterocycles. The van der Waals surface area contributed by atoms with E-state index in [1.54, 1.807) is 27.7 Å². The van der Waals surface area contributed by atoms with Crippen molar-refractivity contribution in [1.82, 2.24) is 0 Å². The van der Waals surface area contributed by atoms with E-state index in [2.05, 4.69) is 0 Å². The van der Waals surface area contributed by atoms with Crippen molar-refractivity contribution in [2.45, 2.75) is 39.9 Å². The lowest BCUT2D eigenvalue weighted by Crippen LogP contribution is -2.12. The summed E-state index contributed by atoms with van der Waals surface area (Å²) in [4.78, 5) is 0. The van der Waals surface area contributed by atoms with Gasteiger partial charge in [0.25, 0.3) is 0 Å². The molecular formula is C6H16NO3P. The van der Waals surface area contributed by atoms with Crippen LogP contribution in [0.25, 0.3) is 0 Å². The van der Waals surface area contributed by atoms with Gasteiger partial charge in [0.05, 0.1) is 12.2 Å². The van der Waals surface area contributed by atoms with E-state index >= 15 is 0 Å². The highest BCUT2D eigenvalue weighted by molar-refractivity contribution is 7.51. The maximum absolute atomic E-state index is 11.2. The molecule has 0 aromatic heterocycles. The van der Waals surface area contributed by atoms with Gasteiger partial charge in [-0.15, -0.1) is 0 Å². The van der Waals surface area contributed by atoms with Gasteiger partial charge in [-0.2, -0.15) is 0 Å². The van der Waals surface area contributed by atoms with Crippen LogP contribution in [-0.4, -0.2) is 12.2 Å². The molecule has 0 spiro atoms. The van der Waals surface area contributed by atoms with Gasteiger partial charge in [-0.25, -0.2) is 10.1 Å². The Bertz CT molecular complexity index is 144. The van der Waals surface area contributed by atoms with Crippen molar-refractivity contribution in [1.29, 1.82) is 0 Å². The van der Waals surface area contributed by atoms with Gasteiger partial charge in [0.1, 0.15) is 0 Å². The minimum absolute atomic E-state index is 0.176. The van der Waals surface area contributed by atoms with Gasteiger partial charge in [0.15, 0.2) is 0 Å². The fourth-order valence-corrected chi connectivity index (χ4v) is 1.84. The zero-order valence-electron chi connectivity index (χ0n) is 7.40.